The van der Waals surface area contributed by atoms with Gasteiger partial charge in [0.05, 0.1) is 24.3 Å². The second-order valence-electron chi connectivity index (χ2n) is 7.15. The minimum Gasteiger partial charge on any atom is -0.444 e. The molecule has 0 spiro atoms. The van der Waals surface area contributed by atoms with Gasteiger partial charge in [-0.1, -0.05) is 17.2 Å². The van der Waals surface area contributed by atoms with Crippen LogP contribution in [0.5, 0.6) is 0 Å². The van der Waals surface area contributed by atoms with Gasteiger partial charge in [0.1, 0.15) is 5.60 Å². The van der Waals surface area contributed by atoms with E-state index in [1.165, 1.54) is 17.0 Å². The van der Waals surface area contributed by atoms with Crippen molar-refractivity contribution in [2.75, 3.05) is 19.7 Å². The lowest BCUT2D eigenvalue weighted by molar-refractivity contribution is -0.186. The molecular weight excluding hydrogens is 356 g/mol. The molecule has 144 valence electrons. The molecule has 3 rings (SSSR count). The second kappa shape index (κ2) is 6.99. The third kappa shape index (κ3) is 3.92. The Labute approximate surface area is 155 Å². The van der Waals surface area contributed by atoms with Crippen LogP contribution in [0.25, 0.3) is 0 Å². The molecule has 0 bridgehead atoms. The van der Waals surface area contributed by atoms with Crippen LogP contribution in [0.3, 0.4) is 0 Å². The molecular formula is C18H20N2O7. The van der Waals surface area contributed by atoms with E-state index < -0.39 is 35.6 Å². The summed E-state index contributed by atoms with van der Waals surface area (Å²) >= 11 is 0. The maximum absolute atomic E-state index is 12.4. The van der Waals surface area contributed by atoms with Crippen LogP contribution in [0.15, 0.2) is 24.3 Å². The number of benzene rings is 1. The fraction of sp³-hybridized carbons (Fsp3) is 0.444. The summed E-state index contributed by atoms with van der Waals surface area (Å²) in [6.07, 6.45) is -1.71. The summed E-state index contributed by atoms with van der Waals surface area (Å²) < 4.78 is 10.6. The zero-order valence-electron chi connectivity index (χ0n) is 15.3. The molecule has 9 heteroatoms. The molecule has 1 fully saturated rings. The van der Waals surface area contributed by atoms with Gasteiger partial charge in [-0.15, -0.1) is 0 Å². The van der Waals surface area contributed by atoms with E-state index in [1.54, 1.807) is 32.9 Å². The summed E-state index contributed by atoms with van der Waals surface area (Å²) in [5, 5.41) is 0.419. The lowest BCUT2D eigenvalue weighted by Crippen LogP contribution is -2.51. The molecule has 2 aliphatic heterocycles. The minimum absolute atomic E-state index is 0.0983. The summed E-state index contributed by atoms with van der Waals surface area (Å²) in [6, 6.07) is 6.17. The van der Waals surface area contributed by atoms with Gasteiger partial charge < -0.3 is 19.2 Å². The number of hydroxylamine groups is 2. The normalized spacial score (nSPS) is 19.7. The maximum atomic E-state index is 12.4. The van der Waals surface area contributed by atoms with Crippen LogP contribution < -0.4 is 0 Å². The molecule has 1 atom stereocenters. The van der Waals surface area contributed by atoms with Gasteiger partial charge in [0, 0.05) is 6.54 Å². The quantitative estimate of drug-likeness (QED) is 0.719. The fourth-order valence-corrected chi connectivity index (χ4v) is 2.68. The largest absolute Gasteiger partial charge is 0.444 e. The molecule has 0 radical (unpaired) electrons. The van der Waals surface area contributed by atoms with E-state index in [1.807, 2.05) is 0 Å². The smallest absolute Gasteiger partial charge is 0.410 e. The Hall–Kier alpha value is -2.94. The van der Waals surface area contributed by atoms with Crippen LogP contribution in [0, 0.1) is 0 Å². The lowest BCUT2D eigenvalue weighted by Gasteiger charge is -2.33. The van der Waals surface area contributed by atoms with E-state index in [0.29, 0.717) is 5.06 Å². The summed E-state index contributed by atoms with van der Waals surface area (Å²) in [6.45, 7) is 5.46. The number of carbonyl (C=O) groups is 4. The molecule has 2 heterocycles. The number of fused-ring (bicyclic) bond motifs is 1. The molecule has 2 aliphatic rings. The van der Waals surface area contributed by atoms with E-state index in [9.17, 15) is 19.2 Å². The molecule has 9 nitrogen and oxygen atoms in total. The summed E-state index contributed by atoms with van der Waals surface area (Å²) in [4.78, 5) is 55.3. The van der Waals surface area contributed by atoms with Crippen molar-refractivity contribution in [2.45, 2.75) is 32.5 Å². The van der Waals surface area contributed by atoms with E-state index >= 15 is 0 Å². The monoisotopic (exact) mass is 376 g/mol. The van der Waals surface area contributed by atoms with Crippen molar-refractivity contribution < 1.29 is 33.5 Å². The molecule has 1 saturated heterocycles. The highest BCUT2D eigenvalue weighted by atomic mass is 16.7. The van der Waals surface area contributed by atoms with Gasteiger partial charge in [-0.3, -0.25) is 9.59 Å². The first kappa shape index (κ1) is 18.8. The van der Waals surface area contributed by atoms with Crippen molar-refractivity contribution in [1.29, 1.82) is 0 Å². The number of carbonyl (C=O) groups excluding carboxylic acids is 4. The fourth-order valence-electron chi connectivity index (χ4n) is 2.68. The van der Waals surface area contributed by atoms with Crippen molar-refractivity contribution in [3.8, 4) is 0 Å². The van der Waals surface area contributed by atoms with Crippen molar-refractivity contribution >= 4 is 23.9 Å². The molecule has 1 aromatic carbocycles. The summed E-state index contributed by atoms with van der Waals surface area (Å²) in [5.74, 6) is -2.37. The Kier molecular flexibility index (Phi) is 4.88. The van der Waals surface area contributed by atoms with Gasteiger partial charge in [-0.05, 0) is 32.9 Å². The molecule has 0 unspecified atom stereocenters. The first-order chi connectivity index (χ1) is 12.7. The van der Waals surface area contributed by atoms with Crippen molar-refractivity contribution in [2.24, 2.45) is 0 Å². The minimum atomic E-state index is -1.13. The topological polar surface area (TPSA) is 102 Å². The molecule has 1 aromatic rings. The zero-order valence-corrected chi connectivity index (χ0v) is 15.3. The van der Waals surface area contributed by atoms with Crippen molar-refractivity contribution in [3.05, 3.63) is 35.4 Å². The Morgan fingerprint density at radius 1 is 1.11 bits per heavy atom. The Balaban J connectivity index is 1.64. The van der Waals surface area contributed by atoms with Gasteiger partial charge in [0.25, 0.3) is 11.8 Å². The Bertz CT molecular complexity index is 764. The van der Waals surface area contributed by atoms with E-state index in [4.69, 9.17) is 14.3 Å². The molecule has 0 N–H and O–H groups in total. The van der Waals surface area contributed by atoms with Crippen LogP contribution in [-0.2, 0) is 19.1 Å². The van der Waals surface area contributed by atoms with Gasteiger partial charge in [-0.25, -0.2) is 9.59 Å². The number of amides is 3. The van der Waals surface area contributed by atoms with Crippen LogP contribution in [0.1, 0.15) is 41.5 Å². The highest BCUT2D eigenvalue weighted by Gasteiger charge is 2.41. The standard InChI is InChI=1S/C18H20N2O7/c1-18(2,3)26-17(24)19-8-9-25-13(10-19)16(23)27-20-14(21)11-6-4-5-7-12(11)15(20)22/h4-7,13H,8-10H2,1-3H3/t13-/m0/s1. The average molecular weight is 376 g/mol. The van der Waals surface area contributed by atoms with Crippen molar-refractivity contribution in [1.82, 2.24) is 9.96 Å². The zero-order chi connectivity index (χ0) is 19.8. The lowest BCUT2D eigenvalue weighted by atomic mass is 10.1. The third-order valence-corrected chi connectivity index (χ3v) is 3.92. The number of hydrogen-bond donors (Lipinski definition) is 0. The number of rotatable bonds is 2. The first-order valence-corrected chi connectivity index (χ1v) is 8.46. The predicted octanol–water partition coefficient (Wildman–Crippen LogP) is 1.38. The highest BCUT2D eigenvalue weighted by Crippen LogP contribution is 2.23. The summed E-state index contributed by atoms with van der Waals surface area (Å²) in [7, 11) is 0. The van der Waals surface area contributed by atoms with Gasteiger partial charge >= 0.3 is 12.1 Å². The van der Waals surface area contributed by atoms with Gasteiger partial charge in [-0.2, -0.15) is 0 Å². The molecule has 0 aliphatic carbocycles. The molecule has 0 aromatic heterocycles. The molecule has 27 heavy (non-hydrogen) atoms. The number of hydrogen-bond acceptors (Lipinski definition) is 7. The van der Waals surface area contributed by atoms with E-state index in [-0.39, 0.29) is 30.8 Å². The predicted molar refractivity (Wildman–Crippen MR) is 90.6 cm³/mol. The SMILES string of the molecule is CC(C)(C)OC(=O)N1CCO[C@H](C(=O)ON2C(=O)c3ccccc3C2=O)C1. The van der Waals surface area contributed by atoms with E-state index in [0.717, 1.165) is 0 Å². The van der Waals surface area contributed by atoms with Crippen LogP contribution in [0.2, 0.25) is 0 Å². The maximum Gasteiger partial charge on any atom is 0.410 e. The average Bonchev–Trinajstić information content (AvgIpc) is 2.86. The second-order valence-corrected chi connectivity index (χ2v) is 7.15. The first-order valence-electron chi connectivity index (χ1n) is 8.46. The van der Waals surface area contributed by atoms with Crippen LogP contribution in [-0.4, -0.2) is 65.2 Å². The Morgan fingerprint density at radius 3 is 2.26 bits per heavy atom. The van der Waals surface area contributed by atoms with Crippen LogP contribution in [0.4, 0.5) is 4.79 Å². The van der Waals surface area contributed by atoms with E-state index in [2.05, 4.69) is 0 Å². The molecule has 0 saturated carbocycles. The Morgan fingerprint density at radius 2 is 1.70 bits per heavy atom. The number of morpholine rings is 1. The third-order valence-electron chi connectivity index (χ3n) is 3.92. The van der Waals surface area contributed by atoms with Crippen molar-refractivity contribution in [3.63, 3.8) is 0 Å². The number of imide groups is 1. The van der Waals surface area contributed by atoms with Crippen LogP contribution >= 0.6 is 0 Å². The van der Waals surface area contributed by atoms with Gasteiger partial charge in [0.2, 0.25) is 0 Å². The molecule has 3 amide bonds. The summed E-state index contributed by atoms with van der Waals surface area (Å²) in [5.41, 5.74) is -0.351. The highest BCUT2D eigenvalue weighted by molar-refractivity contribution is 6.20. The van der Waals surface area contributed by atoms with Gasteiger partial charge in [0.15, 0.2) is 6.10 Å². The number of nitrogens with zero attached hydrogens (tertiary/aromatic N) is 2. The number of ether oxygens (including phenoxy) is 2.